The number of rotatable bonds is 6. The van der Waals surface area contributed by atoms with Gasteiger partial charge in [0.25, 0.3) is 5.91 Å². The molecule has 0 bridgehead atoms. The van der Waals surface area contributed by atoms with Crippen molar-refractivity contribution in [2.75, 3.05) is 6.54 Å². The van der Waals surface area contributed by atoms with E-state index in [4.69, 9.17) is 16.7 Å². The molecule has 7 heteroatoms. The molecule has 0 atom stereocenters. The van der Waals surface area contributed by atoms with Crippen LogP contribution in [0.3, 0.4) is 0 Å². The molecule has 1 saturated carbocycles. The van der Waals surface area contributed by atoms with E-state index in [1.807, 2.05) is 25.1 Å². The minimum atomic E-state index is -0.942. The number of hydrogen-bond acceptors (Lipinski definition) is 3. The minimum absolute atomic E-state index is 0.0970. The van der Waals surface area contributed by atoms with Crippen molar-refractivity contribution in [1.82, 2.24) is 15.1 Å². The summed E-state index contributed by atoms with van der Waals surface area (Å²) in [6.45, 7) is 2.03. The summed E-state index contributed by atoms with van der Waals surface area (Å²) in [6, 6.07) is 5.68. The molecule has 0 unspecified atom stereocenters. The molecule has 0 saturated heterocycles. The van der Waals surface area contributed by atoms with Gasteiger partial charge in [-0.15, -0.1) is 0 Å². The number of hydrogen-bond donors (Lipinski definition) is 2. The molecule has 1 aromatic carbocycles. The predicted molar refractivity (Wildman–Crippen MR) is 89.9 cm³/mol. The van der Waals surface area contributed by atoms with E-state index in [9.17, 15) is 9.59 Å². The molecule has 1 heterocycles. The molecule has 2 aromatic rings. The monoisotopic (exact) mass is 347 g/mol. The van der Waals surface area contributed by atoms with Crippen LogP contribution in [0.4, 0.5) is 0 Å². The Morgan fingerprint density at radius 2 is 2.17 bits per heavy atom. The van der Waals surface area contributed by atoms with Crippen molar-refractivity contribution in [3.8, 4) is 5.69 Å². The Morgan fingerprint density at radius 3 is 2.79 bits per heavy atom. The third-order valence-electron chi connectivity index (χ3n) is 4.04. The van der Waals surface area contributed by atoms with Crippen molar-refractivity contribution in [1.29, 1.82) is 0 Å². The lowest BCUT2D eigenvalue weighted by molar-refractivity contribution is -0.136. The maximum atomic E-state index is 12.4. The van der Waals surface area contributed by atoms with Crippen LogP contribution >= 0.6 is 11.6 Å². The van der Waals surface area contributed by atoms with E-state index in [1.165, 1.54) is 6.20 Å². The quantitative estimate of drug-likeness (QED) is 0.841. The number of nitrogens with one attached hydrogen (secondary N) is 1. The summed E-state index contributed by atoms with van der Waals surface area (Å²) in [6.07, 6.45) is 3.46. The highest BCUT2D eigenvalue weighted by atomic mass is 35.5. The molecular weight excluding hydrogens is 330 g/mol. The Kier molecular flexibility index (Phi) is 4.57. The number of carbonyl (C=O) groups excluding carboxylic acids is 1. The fourth-order valence-corrected chi connectivity index (χ4v) is 2.75. The SMILES string of the molecule is Cc1ccc(-n2ncc(C(=O)NCCC(=O)O)c2C2CC2)cc1Cl. The van der Waals surface area contributed by atoms with Gasteiger partial charge in [0.2, 0.25) is 0 Å². The van der Waals surface area contributed by atoms with Crippen molar-refractivity contribution in [3.63, 3.8) is 0 Å². The van der Waals surface area contributed by atoms with E-state index in [2.05, 4.69) is 10.4 Å². The first-order valence-electron chi connectivity index (χ1n) is 7.82. The maximum Gasteiger partial charge on any atom is 0.305 e. The number of aliphatic carboxylic acids is 1. The van der Waals surface area contributed by atoms with Crippen molar-refractivity contribution < 1.29 is 14.7 Å². The topological polar surface area (TPSA) is 84.2 Å². The zero-order valence-electron chi connectivity index (χ0n) is 13.3. The Balaban J connectivity index is 1.89. The molecule has 1 amide bonds. The van der Waals surface area contributed by atoms with Crippen molar-refractivity contribution >= 4 is 23.5 Å². The van der Waals surface area contributed by atoms with Crippen molar-refractivity contribution in [3.05, 3.63) is 46.2 Å². The zero-order chi connectivity index (χ0) is 17.3. The van der Waals surface area contributed by atoms with Gasteiger partial charge in [0.15, 0.2) is 0 Å². The second-order valence-electron chi connectivity index (χ2n) is 5.96. The average molecular weight is 348 g/mol. The van der Waals surface area contributed by atoms with Crippen LogP contribution in [0.25, 0.3) is 5.69 Å². The summed E-state index contributed by atoms with van der Waals surface area (Å²) in [4.78, 5) is 22.9. The van der Waals surface area contributed by atoms with E-state index < -0.39 is 5.97 Å². The van der Waals surface area contributed by atoms with Gasteiger partial charge in [0, 0.05) is 17.5 Å². The molecule has 126 valence electrons. The molecule has 1 fully saturated rings. The lowest BCUT2D eigenvalue weighted by Crippen LogP contribution is -2.26. The number of benzene rings is 1. The summed E-state index contributed by atoms with van der Waals surface area (Å²) in [5, 5.41) is 16.3. The molecule has 3 rings (SSSR count). The summed E-state index contributed by atoms with van der Waals surface area (Å²) >= 11 is 6.20. The van der Waals surface area contributed by atoms with Crippen molar-refractivity contribution in [2.45, 2.75) is 32.1 Å². The molecule has 1 aliphatic carbocycles. The molecule has 0 radical (unpaired) electrons. The number of carbonyl (C=O) groups is 2. The number of aromatic nitrogens is 2. The fraction of sp³-hybridized carbons (Fsp3) is 0.353. The van der Waals surface area contributed by atoms with Crippen LogP contribution < -0.4 is 5.32 Å². The van der Waals surface area contributed by atoms with Crippen molar-refractivity contribution in [2.24, 2.45) is 0 Å². The fourth-order valence-electron chi connectivity index (χ4n) is 2.58. The molecule has 1 aliphatic rings. The average Bonchev–Trinajstić information content (AvgIpc) is 3.28. The van der Waals surface area contributed by atoms with Gasteiger partial charge >= 0.3 is 5.97 Å². The second kappa shape index (κ2) is 6.65. The molecule has 0 aliphatic heterocycles. The number of carboxylic acids is 1. The van der Waals surface area contributed by atoms with Gasteiger partial charge in [-0.05, 0) is 37.5 Å². The second-order valence-corrected chi connectivity index (χ2v) is 6.37. The van der Waals surface area contributed by atoms with Gasteiger partial charge in [0.05, 0.1) is 29.6 Å². The Bertz CT molecular complexity index is 796. The van der Waals surface area contributed by atoms with E-state index in [0.717, 1.165) is 29.8 Å². The first-order chi connectivity index (χ1) is 11.5. The summed E-state index contributed by atoms with van der Waals surface area (Å²) in [5.41, 5.74) is 3.16. The molecule has 6 nitrogen and oxygen atoms in total. The number of nitrogens with zero attached hydrogens (tertiary/aromatic N) is 2. The minimum Gasteiger partial charge on any atom is -0.481 e. The van der Waals surface area contributed by atoms with Gasteiger partial charge in [0.1, 0.15) is 0 Å². The molecule has 2 N–H and O–H groups in total. The molecule has 24 heavy (non-hydrogen) atoms. The van der Waals surface area contributed by atoms with Crippen LogP contribution in [0.2, 0.25) is 5.02 Å². The zero-order valence-corrected chi connectivity index (χ0v) is 14.0. The van der Waals surface area contributed by atoms with Crippen LogP contribution in [-0.4, -0.2) is 33.3 Å². The van der Waals surface area contributed by atoms with Gasteiger partial charge in [-0.1, -0.05) is 17.7 Å². The third-order valence-corrected chi connectivity index (χ3v) is 4.45. The third kappa shape index (κ3) is 3.43. The van der Waals surface area contributed by atoms with E-state index >= 15 is 0 Å². The van der Waals surface area contributed by atoms with E-state index in [-0.39, 0.29) is 18.9 Å². The lowest BCUT2D eigenvalue weighted by atomic mass is 10.1. The summed E-state index contributed by atoms with van der Waals surface area (Å²) in [7, 11) is 0. The molecular formula is C17H18ClN3O3. The van der Waals surface area contributed by atoms with Gasteiger partial charge in [-0.3, -0.25) is 9.59 Å². The van der Waals surface area contributed by atoms with Crippen LogP contribution in [0.1, 0.15) is 46.8 Å². The lowest BCUT2D eigenvalue weighted by Gasteiger charge is -2.10. The first-order valence-corrected chi connectivity index (χ1v) is 8.19. The molecule has 0 spiro atoms. The standard InChI is InChI=1S/C17H18ClN3O3/c1-10-2-5-12(8-14(10)18)21-16(11-3-4-11)13(9-20-21)17(24)19-7-6-15(22)23/h2,5,8-9,11H,3-4,6-7H2,1H3,(H,19,24)(H,22,23). The number of aryl methyl sites for hydroxylation is 1. The van der Waals surface area contributed by atoms with Gasteiger partial charge < -0.3 is 10.4 Å². The highest BCUT2D eigenvalue weighted by Crippen LogP contribution is 2.42. The Labute approximate surface area is 144 Å². The maximum absolute atomic E-state index is 12.4. The smallest absolute Gasteiger partial charge is 0.305 e. The van der Waals surface area contributed by atoms with E-state index in [1.54, 1.807) is 4.68 Å². The highest BCUT2D eigenvalue weighted by Gasteiger charge is 2.32. The van der Waals surface area contributed by atoms with Crippen LogP contribution in [0.5, 0.6) is 0 Å². The predicted octanol–water partition coefficient (Wildman–Crippen LogP) is 2.92. The summed E-state index contributed by atoms with van der Waals surface area (Å²) in [5.74, 6) is -0.932. The normalized spacial score (nSPS) is 13.8. The largest absolute Gasteiger partial charge is 0.481 e. The number of carboxylic acid groups (broad SMARTS) is 1. The van der Waals surface area contributed by atoms with Crippen LogP contribution in [-0.2, 0) is 4.79 Å². The Morgan fingerprint density at radius 1 is 1.42 bits per heavy atom. The first kappa shape index (κ1) is 16.5. The number of amides is 1. The highest BCUT2D eigenvalue weighted by molar-refractivity contribution is 6.31. The number of halogens is 1. The van der Waals surface area contributed by atoms with Gasteiger partial charge in [-0.25, -0.2) is 4.68 Å². The van der Waals surface area contributed by atoms with Crippen LogP contribution in [0.15, 0.2) is 24.4 Å². The Hall–Kier alpha value is -2.34. The van der Waals surface area contributed by atoms with Crippen LogP contribution in [0, 0.1) is 6.92 Å². The molecule has 1 aromatic heterocycles. The van der Waals surface area contributed by atoms with E-state index in [0.29, 0.717) is 16.5 Å². The summed E-state index contributed by atoms with van der Waals surface area (Å²) < 4.78 is 1.76. The van der Waals surface area contributed by atoms with Gasteiger partial charge in [-0.2, -0.15) is 5.10 Å².